The second-order valence-electron chi connectivity index (χ2n) is 7.46. The molecule has 0 saturated heterocycles. The normalized spacial score (nSPS) is 14.4. The summed E-state index contributed by atoms with van der Waals surface area (Å²) in [5, 5.41) is 5.22. The fraction of sp³-hybridized carbons (Fsp3) is 0.208. The molecular formula is C24H23FN4O2. The Morgan fingerprint density at radius 1 is 1.00 bits per heavy atom. The molecule has 2 amide bonds. The van der Waals surface area contributed by atoms with Gasteiger partial charge < -0.3 is 10.6 Å². The second kappa shape index (κ2) is 9.49. The lowest BCUT2D eigenvalue weighted by Crippen LogP contribution is -2.43. The van der Waals surface area contributed by atoms with Crippen LogP contribution >= 0.6 is 0 Å². The van der Waals surface area contributed by atoms with Gasteiger partial charge in [-0.2, -0.15) is 0 Å². The fourth-order valence-corrected chi connectivity index (χ4v) is 3.81. The Morgan fingerprint density at radius 2 is 1.77 bits per heavy atom. The monoisotopic (exact) mass is 418 g/mol. The third kappa shape index (κ3) is 5.13. The van der Waals surface area contributed by atoms with Gasteiger partial charge in [-0.3, -0.25) is 19.5 Å². The number of carbonyl (C=O) groups is 2. The maximum Gasteiger partial charge on any atom is 0.313 e. The van der Waals surface area contributed by atoms with Crippen molar-refractivity contribution in [3.8, 4) is 0 Å². The zero-order valence-corrected chi connectivity index (χ0v) is 16.9. The number of nitrogens with one attached hydrogen (secondary N) is 2. The number of anilines is 1. The van der Waals surface area contributed by atoms with E-state index in [4.69, 9.17) is 0 Å². The summed E-state index contributed by atoms with van der Waals surface area (Å²) in [5.74, 6) is -1.94. The third-order valence-electron chi connectivity index (χ3n) is 5.43. The summed E-state index contributed by atoms with van der Waals surface area (Å²) >= 11 is 0. The van der Waals surface area contributed by atoms with Gasteiger partial charge in [0.25, 0.3) is 0 Å². The highest BCUT2D eigenvalue weighted by atomic mass is 19.1. The summed E-state index contributed by atoms with van der Waals surface area (Å²) in [6, 6.07) is 17.3. The van der Waals surface area contributed by atoms with E-state index >= 15 is 0 Å². The van der Waals surface area contributed by atoms with Gasteiger partial charge in [0.2, 0.25) is 0 Å². The van der Waals surface area contributed by atoms with Crippen molar-refractivity contribution in [3.05, 3.63) is 95.6 Å². The van der Waals surface area contributed by atoms with Crippen molar-refractivity contribution in [1.29, 1.82) is 0 Å². The van der Waals surface area contributed by atoms with E-state index in [0.29, 0.717) is 5.69 Å². The van der Waals surface area contributed by atoms with Gasteiger partial charge in [-0.1, -0.05) is 30.3 Å². The quantitative estimate of drug-likeness (QED) is 0.625. The molecule has 0 saturated carbocycles. The Bertz CT molecular complexity index is 1060. The molecule has 2 heterocycles. The summed E-state index contributed by atoms with van der Waals surface area (Å²) in [4.78, 5) is 31.2. The number of hydrogen-bond donors (Lipinski definition) is 2. The number of fused-ring (bicyclic) bond motifs is 1. The molecule has 1 aromatic heterocycles. The number of amides is 2. The Balaban J connectivity index is 1.44. The van der Waals surface area contributed by atoms with Crippen LogP contribution in [0.25, 0.3) is 0 Å². The van der Waals surface area contributed by atoms with Gasteiger partial charge in [-0.25, -0.2) is 4.39 Å². The van der Waals surface area contributed by atoms with Gasteiger partial charge >= 0.3 is 11.8 Å². The van der Waals surface area contributed by atoms with E-state index in [9.17, 15) is 14.0 Å². The third-order valence-corrected chi connectivity index (χ3v) is 5.43. The fourth-order valence-electron chi connectivity index (χ4n) is 3.81. The first-order chi connectivity index (χ1) is 15.1. The molecule has 2 aromatic carbocycles. The first-order valence-electron chi connectivity index (χ1n) is 10.2. The van der Waals surface area contributed by atoms with Crippen LogP contribution in [-0.4, -0.2) is 34.8 Å². The van der Waals surface area contributed by atoms with E-state index in [2.05, 4.69) is 32.7 Å². The van der Waals surface area contributed by atoms with Crippen molar-refractivity contribution in [2.75, 3.05) is 18.4 Å². The molecule has 2 N–H and O–H groups in total. The smallest absolute Gasteiger partial charge is 0.313 e. The molecule has 4 rings (SSSR count). The zero-order chi connectivity index (χ0) is 21.6. The van der Waals surface area contributed by atoms with Crippen molar-refractivity contribution < 1.29 is 14.0 Å². The summed E-state index contributed by atoms with van der Waals surface area (Å²) in [5.41, 5.74) is 3.94. The van der Waals surface area contributed by atoms with Crippen LogP contribution in [0, 0.1) is 5.82 Å². The molecule has 3 aromatic rings. The zero-order valence-electron chi connectivity index (χ0n) is 16.9. The van der Waals surface area contributed by atoms with E-state index < -0.39 is 17.6 Å². The average molecular weight is 418 g/mol. The molecule has 0 bridgehead atoms. The molecule has 31 heavy (non-hydrogen) atoms. The number of benzene rings is 2. The molecule has 0 radical (unpaired) electrons. The van der Waals surface area contributed by atoms with Crippen molar-refractivity contribution in [3.63, 3.8) is 0 Å². The van der Waals surface area contributed by atoms with Crippen LogP contribution < -0.4 is 10.6 Å². The topological polar surface area (TPSA) is 74.3 Å². The van der Waals surface area contributed by atoms with Crippen molar-refractivity contribution >= 4 is 17.5 Å². The maximum atomic E-state index is 13.0. The molecule has 0 fully saturated rings. The van der Waals surface area contributed by atoms with Gasteiger partial charge in [0.05, 0.1) is 6.04 Å². The molecule has 0 spiro atoms. The highest BCUT2D eigenvalue weighted by Gasteiger charge is 2.26. The number of rotatable bonds is 5. The Labute approximate surface area is 180 Å². The maximum absolute atomic E-state index is 13.0. The van der Waals surface area contributed by atoms with Crippen LogP contribution in [0.3, 0.4) is 0 Å². The number of halogens is 1. The van der Waals surface area contributed by atoms with E-state index in [1.165, 1.54) is 35.4 Å². The van der Waals surface area contributed by atoms with Crippen LogP contribution in [0.1, 0.15) is 22.7 Å². The summed E-state index contributed by atoms with van der Waals surface area (Å²) in [6.07, 6.45) is 4.42. The van der Waals surface area contributed by atoms with E-state index in [-0.39, 0.29) is 12.6 Å². The van der Waals surface area contributed by atoms with E-state index in [0.717, 1.165) is 25.1 Å². The van der Waals surface area contributed by atoms with Crippen LogP contribution in [-0.2, 0) is 22.6 Å². The Morgan fingerprint density at radius 3 is 2.52 bits per heavy atom. The number of aromatic nitrogens is 1. The lowest BCUT2D eigenvalue weighted by Gasteiger charge is -2.35. The van der Waals surface area contributed by atoms with Crippen LogP contribution in [0.4, 0.5) is 10.1 Å². The van der Waals surface area contributed by atoms with Crippen LogP contribution in [0.15, 0.2) is 73.1 Å². The number of carbonyl (C=O) groups excluding carboxylic acids is 2. The highest BCUT2D eigenvalue weighted by Crippen LogP contribution is 2.27. The predicted molar refractivity (Wildman–Crippen MR) is 116 cm³/mol. The Kier molecular flexibility index (Phi) is 6.33. The first kappa shape index (κ1) is 20.7. The van der Waals surface area contributed by atoms with Gasteiger partial charge in [0, 0.05) is 37.7 Å². The highest BCUT2D eigenvalue weighted by molar-refractivity contribution is 6.39. The number of pyridine rings is 1. The molecule has 6 nitrogen and oxygen atoms in total. The molecule has 1 atom stereocenters. The molecular weight excluding hydrogens is 395 g/mol. The van der Waals surface area contributed by atoms with Crippen molar-refractivity contribution in [1.82, 2.24) is 15.2 Å². The SMILES string of the molecule is O=C(NC[C@H](c1cccnc1)N1CCc2ccccc2C1)C(=O)Nc1ccc(F)cc1. The molecule has 7 heteroatoms. The number of hydrogen-bond acceptors (Lipinski definition) is 4. The van der Waals surface area contributed by atoms with E-state index in [1.54, 1.807) is 12.4 Å². The number of nitrogens with zero attached hydrogens (tertiary/aromatic N) is 2. The van der Waals surface area contributed by atoms with Crippen molar-refractivity contribution in [2.45, 2.75) is 19.0 Å². The minimum atomic E-state index is -0.791. The standard InChI is InChI=1S/C24H23FN4O2/c25-20-7-9-21(10-8-20)28-24(31)23(30)27-15-22(18-6-3-12-26-14-18)29-13-11-17-4-1-2-5-19(17)16-29/h1-10,12,14,22H,11,13,15-16H2,(H,27,30)(H,28,31)/t22-/m1/s1. The van der Waals surface area contributed by atoms with Crippen molar-refractivity contribution in [2.24, 2.45) is 0 Å². The second-order valence-corrected chi connectivity index (χ2v) is 7.46. The van der Waals surface area contributed by atoms with Gasteiger partial charge in [-0.05, 0) is 53.4 Å². The summed E-state index contributed by atoms with van der Waals surface area (Å²) < 4.78 is 13.0. The largest absolute Gasteiger partial charge is 0.346 e. The molecule has 0 unspecified atom stereocenters. The minimum absolute atomic E-state index is 0.121. The average Bonchev–Trinajstić information content (AvgIpc) is 2.81. The summed E-state index contributed by atoms with van der Waals surface area (Å²) in [6.45, 7) is 1.87. The van der Waals surface area contributed by atoms with Gasteiger partial charge in [0.15, 0.2) is 0 Å². The molecule has 1 aliphatic heterocycles. The summed E-state index contributed by atoms with van der Waals surface area (Å²) in [7, 11) is 0. The Hall–Kier alpha value is -3.58. The van der Waals surface area contributed by atoms with Crippen LogP contribution in [0.5, 0.6) is 0 Å². The first-order valence-corrected chi connectivity index (χ1v) is 10.2. The van der Waals surface area contributed by atoms with E-state index in [1.807, 2.05) is 24.3 Å². The molecule has 158 valence electrons. The van der Waals surface area contributed by atoms with Gasteiger partial charge in [-0.15, -0.1) is 0 Å². The van der Waals surface area contributed by atoms with Gasteiger partial charge in [0.1, 0.15) is 5.82 Å². The lowest BCUT2D eigenvalue weighted by molar-refractivity contribution is -0.136. The van der Waals surface area contributed by atoms with Crippen LogP contribution in [0.2, 0.25) is 0 Å². The lowest BCUT2D eigenvalue weighted by atomic mass is 9.97. The minimum Gasteiger partial charge on any atom is -0.346 e. The molecule has 0 aliphatic carbocycles. The predicted octanol–water partition coefficient (Wildman–Crippen LogP) is 3.08. The molecule has 1 aliphatic rings.